The smallest absolute Gasteiger partial charge is 0.218 e. The van der Waals surface area contributed by atoms with Crippen molar-refractivity contribution in [3.63, 3.8) is 0 Å². The van der Waals surface area contributed by atoms with Crippen LogP contribution in [0.5, 0.6) is 0 Å². The molecule has 0 aromatic carbocycles. The zero-order valence-electron chi connectivity index (χ0n) is 14.3. The average molecular weight is 273 g/mol. The standard InChI is InChI=1S/C10H19NO2.C4H10.C2H6/c1-7(12)8(5-9(11)13)6-10(2,3)4;1-3-4-2;1-2/h8H,5-6H2,1-4H3,(H2,11,13);3-4H2,1-2H3;1-2H3/t8-;;/m0../s1. The van der Waals surface area contributed by atoms with Crippen LogP contribution in [0.4, 0.5) is 0 Å². The third-order valence-corrected chi connectivity index (χ3v) is 2.38. The number of rotatable bonds is 5. The first-order chi connectivity index (χ1) is 8.64. The zero-order valence-corrected chi connectivity index (χ0v) is 14.3. The number of primary amides is 1. The minimum Gasteiger partial charge on any atom is -0.370 e. The van der Waals surface area contributed by atoms with Gasteiger partial charge in [0.15, 0.2) is 0 Å². The molecule has 0 spiro atoms. The van der Waals surface area contributed by atoms with Gasteiger partial charge in [0.1, 0.15) is 5.78 Å². The van der Waals surface area contributed by atoms with Gasteiger partial charge < -0.3 is 5.73 Å². The Hall–Kier alpha value is -0.860. The first kappa shape index (κ1) is 23.2. The highest BCUT2D eigenvalue weighted by Gasteiger charge is 2.23. The number of hydrogen-bond acceptors (Lipinski definition) is 2. The molecule has 0 radical (unpaired) electrons. The maximum atomic E-state index is 11.1. The van der Waals surface area contributed by atoms with Crippen LogP contribution in [0.2, 0.25) is 0 Å². The maximum Gasteiger partial charge on any atom is 0.218 e. The van der Waals surface area contributed by atoms with Gasteiger partial charge in [0.25, 0.3) is 0 Å². The van der Waals surface area contributed by atoms with E-state index >= 15 is 0 Å². The van der Waals surface area contributed by atoms with Gasteiger partial charge in [-0.25, -0.2) is 0 Å². The van der Waals surface area contributed by atoms with Crippen molar-refractivity contribution in [2.45, 2.75) is 81.1 Å². The van der Waals surface area contributed by atoms with Gasteiger partial charge in [0, 0.05) is 12.3 Å². The van der Waals surface area contributed by atoms with Gasteiger partial charge in [0.2, 0.25) is 5.91 Å². The van der Waals surface area contributed by atoms with Gasteiger partial charge in [0.05, 0.1) is 0 Å². The summed E-state index contributed by atoms with van der Waals surface area (Å²) in [6, 6.07) is 0. The summed E-state index contributed by atoms with van der Waals surface area (Å²) in [5.74, 6) is -0.560. The molecule has 0 fully saturated rings. The van der Waals surface area contributed by atoms with Crippen LogP contribution in [0.3, 0.4) is 0 Å². The molecule has 0 aliphatic rings. The summed E-state index contributed by atoms with van der Waals surface area (Å²) in [6.07, 6.45) is 3.53. The molecule has 0 rings (SSSR count). The highest BCUT2D eigenvalue weighted by molar-refractivity contribution is 5.84. The van der Waals surface area contributed by atoms with Crippen molar-refractivity contribution in [2.24, 2.45) is 17.1 Å². The molecule has 0 unspecified atom stereocenters. The number of ketones is 1. The quantitative estimate of drug-likeness (QED) is 0.810. The molecule has 0 heterocycles. The van der Waals surface area contributed by atoms with Crippen LogP contribution in [0, 0.1) is 11.3 Å². The molecule has 116 valence electrons. The van der Waals surface area contributed by atoms with Crippen LogP contribution in [0.15, 0.2) is 0 Å². The Labute approximate surface area is 120 Å². The molecule has 0 aromatic heterocycles. The van der Waals surface area contributed by atoms with E-state index in [0.717, 1.165) is 0 Å². The van der Waals surface area contributed by atoms with E-state index in [2.05, 4.69) is 13.8 Å². The normalized spacial score (nSPS) is 11.4. The van der Waals surface area contributed by atoms with E-state index in [1.807, 2.05) is 34.6 Å². The second-order valence-corrected chi connectivity index (χ2v) is 5.74. The molecule has 0 saturated carbocycles. The SMILES string of the molecule is CC.CC(=O)[C@@H](CC(N)=O)CC(C)(C)C.CCCC. The largest absolute Gasteiger partial charge is 0.370 e. The van der Waals surface area contributed by atoms with Crippen LogP contribution in [0.25, 0.3) is 0 Å². The first-order valence-corrected chi connectivity index (χ1v) is 7.42. The molecular weight excluding hydrogens is 238 g/mol. The van der Waals surface area contributed by atoms with Crippen molar-refractivity contribution in [1.29, 1.82) is 0 Å². The van der Waals surface area contributed by atoms with Crippen molar-refractivity contribution in [3.8, 4) is 0 Å². The second-order valence-electron chi connectivity index (χ2n) is 5.74. The monoisotopic (exact) mass is 273 g/mol. The van der Waals surface area contributed by atoms with Gasteiger partial charge in [-0.1, -0.05) is 61.3 Å². The minimum atomic E-state index is -0.399. The number of nitrogens with two attached hydrogens (primary N) is 1. The van der Waals surface area contributed by atoms with E-state index in [0.29, 0.717) is 6.42 Å². The van der Waals surface area contributed by atoms with Crippen LogP contribution in [0.1, 0.15) is 81.1 Å². The number of unbranched alkanes of at least 4 members (excludes halogenated alkanes) is 1. The molecule has 0 aromatic rings. The van der Waals surface area contributed by atoms with E-state index in [4.69, 9.17) is 5.73 Å². The molecule has 2 N–H and O–H groups in total. The summed E-state index contributed by atoms with van der Waals surface area (Å²) >= 11 is 0. The van der Waals surface area contributed by atoms with Crippen molar-refractivity contribution in [1.82, 2.24) is 0 Å². The molecule has 0 bridgehead atoms. The molecule has 3 nitrogen and oxygen atoms in total. The fourth-order valence-corrected chi connectivity index (χ4v) is 1.34. The fourth-order valence-electron chi connectivity index (χ4n) is 1.34. The van der Waals surface area contributed by atoms with Crippen LogP contribution < -0.4 is 5.73 Å². The van der Waals surface area contributed by atoms with E-state index < -0.39 is 5.91 Å². The predicted molar refractivity (Wildman–Crippen MR) is 84.0 cm³/mol. The third-order valence-electron chi connectivity index (χ3n) is 2.38. The van der Waals surface area contributed by atoms with Crippen molar-refractivity contribution < 1.29 is 9.59 Å². The van der Waals surface area contributed by atoms with Crippen molar-refractivity contribution in [3.05, 3.63) is 0 Å². The number of Topliss-reactive ketones (excluding diaryl/α,β-unsaturated/α-hetero) is 1. The second kappa shape index (κ2) is 13.6. The Morgan fingerprint density at radius 1 is 1.05 bits per heavy atom. The lowest BCUT2D eigenvalue weighted by Gasteiger charge is -2.23. The third kappa shape index (κ3) is 22.8. The Balaban J connectivity index is -0.000000361. The van der Waals surface area contributed by atoms with Gasteiger partial charge >= 0.3 is 0 Å². The Morgan fingerprint density at radius 2 is 1.42 bits per heavy atom. The van der Waals surface area contributed by atoms with Gasteiger partial charge in [-0.2, -0.15) is 0 Å². The summed E-state index contributed by atoms with van der Waals surface area (Å²) < 4.78 is 0. The zero-order chi connectivity index (χ0) is 16.1. The molecule has 0 aliphatic heterocycles. The summed E-state index contributed by atoms with van der Waals surface area (Å²) in [7, 11) is 0. The summed E-state index contributed by atoms with van der Waals surface area (Å²) in [5, 5.41) is 0. The molecule has 3 heteroatoms. The number of carbonyl (C=O) groups is 2. The molecular formula is C16H35NO2. The molecule has 0 aliphatic carbocycles. The van der Waals surface area contributed by atoms with E-state index in [-0.39, 0.29) is 23.5 Å². The van der Waals surface area contributed by atoms with E-state index in [9.17, 15) is 9.59 Å². The molecule has 1 amide bonds. The van der Waals surface area contributed by atoms with Gasteiger partial charge in [-0.15, -0.1) is 0 Å². The van der Waals surface area contributed by atoms with Crippen LogP contribution in [-0.2, 0) is 9.59 Å². The number of amides is 1. The molecule has 0 saturated heterocycles. The lowest BCUT2D eigenvalue weighted by atomic mass is 9.81. The maximum absolute atomic E-state index is 11.1. The minimum absolute atomic E-state index is 0.0497. The lowest BCUT2D eigenvalue weighted by Crippen LogP contribution is -2.25. The average Bonchev–Trinajstić information content (AvgIpc) is 2.28. The number of hydrogen-bond donors (Lipinski definition) is 1. The summed E-state index contributed by atoms with van der Waals surface area (Å²) in [6.45, 7) is 16.0. The van der Waals surface area contributed by atoms with Crippen molar-refractivity contribution >= 4 is 11.7 Å². The first-order valence-electron chi connectivity index (χ1n) is 7.42. The topological polar surface area (TPSA) is 60.2 Å². The Kier molecular flexibility index (Phi) is 16.6. The highest BCUT2D eigenvalue weighted by Crippen LogP contribution is 2.26. The van der Waals surface area contributed by atoms with E-state index in [1.165, 1.54) is 19.8 Å². The summed E-state index contributed by atoms with van der Waals surface area (Å²) in [5.41, 5.74) is 5.12. The molecule has 1 atom stereocenters. The Morgan fingerprint density at radius 3 is 1.58 bits per heavy atom. The lowest BCUT2D eigenvalue weighted by molar-refractivity contribution is -0.127. The molecule has 19 heavy (non-hydrogen) atoms. The van der Waals surface area contributed by atoms with Gasteiger partial charge in [-0.05, 0) is 18.8 Å². The summed E-state index contributed by atoms with van der Waals surface area (Å²) in [4.78, 5) is 21.8. The highest BCUT2D eigenvalue weighted by atomic mass is 16.1. The van der Waals surface area contributed by atoms with E-state index in [1.54, 1.807) is 0 Å². The van der Waals surface area contributed by atoms with Crippen LogP contribution in [-0.4, -0.2) is 11.7 Å². The Bertz CT molecular complexity index is 227. The van der Waals surface area contributed by atoms with Crippen LogP contribution >= 0.6 is 0 Å². The fraction of sp³-hybridized carbons (Fsp3) is 0.875. The van der Waals surface area contributed by atoms with Crippen molar-refractivity contribution in [2.75, 3.05) is 0 Å². The predicted octanol–water partition coefficient (Wildman–Crippen LogP) is 4.34. The van der Waals surface area contributed by atoms with Gasteiger partial charge in [-0.3, -0.25) is 9.59 Å². The number of carbonyl (C=O) groups excluding carboxylic acids is 2.